The molecule has 1 aliphatic rings. The highest BCUT2D eigenvalue weighted by Gasteiger charge is 2.41. The molecule has 0 bridgehead atoms. The summed E-state index contributed by atoms with van der Waals surface area (Å²) in [6, 6.07) is 4.11. The van der Waals surface area contributed by atoms with Crippen molar-refractivity contribution in [3.05, 3.63) is 0 Å². The van der Waals surface area contributed by atoms with E-state index in [4.69, 9.17) is 15.3 Å². The molecule has 4 nitrogen and oxygen atoms in total. The number of carbonyl (C=O) groups excluding carboxylic acids is 1. The van der Waals surface area contributed by atoms with E-state index in [9.17, 15) is 4.79 Å². The van der Waals surface area contributed by atoms with Gasteiger partial charge in [0, 0.05) is 19.3 Å². The maximum atomic E-state index is 12.0. The predicted molar refractivity (Wildman–Crippen MR) is 57.2 cm³/mol. The molecule has 1 heterocycles. The van der Waals surface area contributed by atoms with Crippen molar-refractivity contribution < 1.29 is 9.53 Å². The maximum absolute atomic E-state index is 12.0. The first-order valence-corrected chi connectivity index (χ1v) is 5.53. The van der Waals surface area contributed by atoms with Gasteiger partial charge in [-0.1, -0.05) is 0 Å². The minimum atomic E-state index is -0.585. The number of nitrogens with zero attached hydrogens (tertiary/aromatic N) is 2. The molecule has 1 rings (SSSR count). The van der Waals surface area contributed by atoms with Crippen LogP contribution in [0.1, 0.15) is 39.0 Å². The molecule has 1 fully saturated rings. The van der Waals surface area contributed by atoms with Crippen molar-refractivity contribution in [1.82, 2.24) is 0 Å². The van der Waals surface area contributed by atoms with Gasteiger partial charge in [-0.05, 0) is 19.8 Å². The zero-order chi connectivity index (χ0) is 12.0. The third-order valence-corrected chi connectivity index (χ3v) is 3.14. The van der Waals surface area contributed by atoms with E-state index in [2.05, 4.69) is 12.1 Å². The third-order valence-electron chi connectivity index (χ3n) is 3.14. The summed E-state index contributed by atoms with van der Waals surface area (Å²) in [5, 5.41) is 17.2. The number of nitriles is 2. The van der Waals surface area contributed by atoms with E-state index in [1.165, 1.54) is 0 Å². The van der Waals surface area contributed by atoms with Crippen LogP contribution in [0.2, 0.25) is 0 Å². The van der Waals surface area contributed by atoms with Crippen molar-refractivity contribution in [2.45, 2.75) is 45.1 Å². The van der Waals surface area contributed by atoms with E-state index < -0.39 is 5.41 Å². The van der Waals surface area contributed by atoms with Crippen molar-refractivity contribution in [2.24, 2.45) is 5.41 Å². The quantitative estimate of drug-likeness (QED) is 0.725. The minimum absolute atomic E-state index is 0.0372. The number of ether oxygens (including phenoxy) is 1. The number of hydrogen-bond acceptors (Lipinski definition) is 4. The zero-order valence-electron chi connectivity index (χ0n) is 9.53. The average Bonchev–Trinajstić information content (AvgIpc) is 2.27. The van der Waals surface area contributed by atoms with Gasteiger partial charge >= 0.3 is 0 Å². The Balaban J connectivity index is 2.74. The molecule has 0 aliphatic carbocycles. The highest BCUT2D eigenvalue weighted by molar-refractivity contribution is 5.86. The second-order valence-corrected chi connectivity index (χ2v) is 4.35. The summed E-state index contributed by atoms with van der Waals surface area (Å²) in [4.78, 5) is 12.0. The molecule has 0 saturated carbocycles. The largest absolute Gasteiger partial charge is 0.377 e. The van der Waals surface area contributed by atoms with Crippen LogP contribution >= 0.6 is 0 Å². The van der Waals surface area contributed by atoms with Crippen LogP contribution in [0, 0.1) is 28.1 Å². The lowest BCUT2D eigenvalue weighted by atomic mass is 9.73. The van der Waals surface area contributed by atoms with E-state index in [1.54, 1.807) is 0 Å². The number of Topliss-reactive ketones (excluding diaryl/α,β-unsaturated/α-hetero) is 1. The molecule has 0 amide bonds. The smallest absolute Gasteiger partial charge is 0.143 e. The molecule has 0 spiro atoms. The Bertz CT molecular complexity index is 320. The molecule has 1 aliphatic heterocycles. The highest BCUT2D eigenvalue weighted by atomic mass is 16.5. The molecule has 0 aromatic heterocycles. The van der Waals surface area contributed by atoms with Crippen molar-refractivity contribution in [2.75, 3.05) is 6.61 Å². The van der Waals surface area contributed by atoms with Crippen molar-refractivity contribution in [3.8, 4) is 12.1 Å². The monoisotopic (exact) mass is 220 g/mol. The molecule has 1 unspecified atom stereocenters. The molecule has 4 heteroatoms. The first-order valence-electron chi connectivity index (χ1n) is 5.53. The Morgan fingerprint density at radius 2 is 1.94 bits per heavy atom. The summed E-state index contributed by atoms with van der Waals surface area (Å²) < 4.78 is 5.52. The van der Waals surface area contributed by atoms with Gasteiger partial charge in [0.2, 0.25) is 0 Å². The van der Waals surface area contributed by atoms with Crippen molar-refractivity contribution >= 4 is 5.78 Å². The fourth-order valence-corrected chi connectivity index (χ4v) is 2.06. The molecule has 1 atom stereocenters. The minimum Gasteiger partial charge on any atom is -0.377 e. The molecule has 86 valence electrons. The summed E-state index contributed by atoms with van der Waals surface area (Å²) in [5.41, 5.74) is -0.585. The average molecular weight is 220 g/mol. The molecule has 0 N–H and O–H groups in total. The molecule has 0 aromatic carbocycles. The standard InChI is InChI=1S/C12H16N2O2/c1-10-8-11(15)12(9-16-10,4-2-6-13)5-3-7-14/h10H,2-5,8-9H2,1H3. The number of ketones is 1. The number of rotatable bonds is 4. The number of hydrogen-bond donors (Lipinski definition) is 0. The van der Waals surface area contributed by atoms with Gasteiger partial charge in [-0.2, -0.15) is 10.5 Å². The molecule has 1 saturated heterocycles. The zero-order valence-corrected chi connectivity index (χ0v) is 9.53. The Hall–Kier alpha value is -1.39. The van der Waals surface area contributed by atoms with Crippen LogP contribution in [-0.2, 0) is 9.53 Å². The summed E-state index contributed by atoms with van der Waals surface area (Å²) in [6.07, 6.45) is 2.07. The van der Waals surface area contributed by atoms with E-state index in [1.807, 2.05) is 6.92 Å². The van der Waals surface area contributed by atoms with Crippen LogP contribution in [0.25, 0.3) is 0 Å². The maximum Gasteiger partial charge on any atom is 0.143 e. The van der Waals surface area contributed by atoms with Crippen LogP contribution in [0.4, 0.5) is 0 Å². The SMILES string of the molecule is CC1CC(=O)C(CCC#N)(CCC#N)CO1. The Labute approximate surface area is 95.8 Å². The fraction of sp³-hybridized carbons (Fsp3) is 0.750. The van der Waals surface area contributed by atoms with E-state index in [-0.39, 0.29) is 11.9 Å². The lowest BCUT2D eigenvalue weighted by Crippen LogP contribution is -2.43. The van der Waals surface area contributed by atoms with Crippen molar-refractivity contribution in [1.29, 1.82) is 10.5 Å². The summed E-state index contributed by atoms with van der Waals surface area (Å²) in [6.45, 7) is 2.23. The first kappa shape index (κ1) is 12.7. The van der Waals surface area contributed by atoms with E-state index in [0.717, 1.165) is 0 Å². The topological polar surface area (TPSA) is 73.9 Å². The highest BCUT2D eigenvalue weighted by Crippen LogP contribution is 2.36. The summed E-state index contributed by atoms with van der Waals surface area (Å²) >= 11 is 0. The molecule has 16 heavy (non-hydrogen) atoms. The second-order valence-electron chi connectivity index (χ2n) is 4.35. The third kappa shape index (κ3) is 2.81. The summed E-state index contributed by atoms with van der Waals surface area (Å²) in [5.74, 6) is 0.150. The normalized spacial score (nSPS) is 23.4. The van der Waals surface area contributed by atoms with Gasteiger partial charge in [-0.15, -0.1) is 0 Å². The lowest BCUT2D eigenvalue weighted by molar-refractivity contribution is -0.147. The molecular formula is C12H16N2O2. The van der Waals surface area contributed by atoms with Crippen LogP contribution < -0.4 is 0 Å². The molecule has 0 aromatic rings. The van der Waals surface area contributed by atoms with Gasteiger partial charge < -0.3 is 4.74 Å². The molecular weight excluding hydrogens is 204 g/mol. The lowest BCUT2D eigenvalue weighted by Gasteiger charge is -2.37. The Morgan fingerprint density at radius 1 is 1.38 bits per heavy atom. The second kappa shape index (κ2) is 5.63. The van der Waals surface area contributed by atoms with Crippen LogP contribution in [0.3, 0.4) is 0 Å². The van der Waals surface area contributed by atoms with Crippen LogP contribution in [0.5, 0.6) is 0 Å². The summed E-state index contributed by atoms with van der Waals surface area (Å²) in [7, 11) is 0. The van der Waals surface area contributed by atoms with Gasteiger partial charge in [0.15, 0.2) is 0 Å². The van der Waals surface area contributed by atoms with E-state index in [0.29, 0.717) is 38.7 Å². The number of carbonyl (C=O) groups is 1. The predicted octanol–water partition coefficient (Wildman–Crippen LogP) is 1.96. The first-order chi connectivity index (χ1) is 7.64. The Kier molecular flexibility index (Phi) is 4.46. The van der Waals surface area contributed by atoms with Crippen LogP contribution in [0.15, 0.2) is 0 Å². The van der Waals surface area contributed by atoms with Gasteiger partial charge in [0.05, 0.1) is 30.3 Å². The Morgan fingerprint density at radius 3 is 2.38 bits per heavy atom. The van der Waals surface area contributed by atoms with Crippen LogP contribution in [-0.4, -0.2) is 18.5 Å². The molecule has 0 radical (unpaired) electrons. The van der Waals surface area contributed by atoms with Gasteiger partial charge in [0.25, 0.3) is 0 Å². The van der Waals surface area contributed by atoms with E-state index >= 15 is 0 Å². The van der Waals surface area contributed by atoms with Gasteiger partial charge in [-0.25, -0.2) is 0 Å². The van der Waals surface area contributed by atoms with Gasteiger partial charge in [-0.3, -0.25) is 4.79 Å². The van der Waals surface area contributed by atoms with Gasteiger partial charge in [0.1, 0.15) is 5.78 Å². The van der Waals surface area contributed by atoms with Crippen molar-refractivity contribution in [3.63, 3.8) is 0 Å². The fourth-order valence-electron chi connectivity index (χ4n) is 2.06.